The fourth-order valence-corrected chi connectivity index (χ4v) is 2.36. The van der Waals surface area contributed by atoms with Crippen LogP contribution in [0.25, 0.3) is 11.5 Å². The lowest BCUT2D eigenvalue weighted by Crippen LogP contribution is -2.43. The Kier molecular flexibility index (Phi) is 7.18. The lowest BCUT2D eigenvalue weighted by Gasteiger charge is -2.26. The van der Waals surface area contributed by atoms with E-state index in [1.807, 2.05) is 37.3 Å². The first kappa shape index (κ1) is 18.0. The monoisotopic (exact) mass is 329 g/mol. The molecule has 1 aliphatic heterocycles. The highest BCUT2D eigenvalue weighted by Gasteiger charge is 2.16. The van der Waals surface area contributed by atoms with E-state index in [1.165, 1.54) is 0 Å². The summed E-state index contributed by atoms with van der Waals surface area (Å²) >= 11 is 0. The van der Waals surface area contributed by atoms with Crippen molar-refractivity contribution in [2.45, 2.75) is 13.5 Å². The van der Waals surface area contributed by atoms with E-state index >= 15 is 0 Å². The van der Waals surface area contributed by atoms with Gasteiger partial charge in [0.15, 0.2) is 0 Å². The number of hydrogen-bond acceptors (Lipinski definition) is 4. The summed E-state index contributed by atoms with van der Waals surface area (Å²) in [5, 5.41) is 3.36. The molecule has 0 radical (unpaired) electrons. The molecule has 0 saturated carbocycles. The van der Waals surface area contributed by atoms with Crippen LogP contribution in [0.5, 0.6) is 0 Å². The molecule has 0 amide bonds. The second-order valence-electron chi connectivity index (χ2n) is 4.91. The Hall–Kier alpha value is -1.07. The number of benzene rings is 1. The molecular weight excluding hydrogens is 309 g/mol. The molecule has 0 unspecified atom stereocenters. The fraction of sp³-hybridized carbons (Fsp3) is 0.400. The van der Waals surface area contributed by atoms with Gasteiger partial charge >= 0.3 is 0 Å². The zero-order chi connectivity index (χ0) is 13.1. The summed E-state index contributed by atoms with van der Waals surface area (Å²) in [4.78, 5) is 7.06. The molecule has 1 saturated heterocycles. The van der Waals surface area contributed by atoms with Crippen LogP contribution in [0.2, 0.25) is 0 Å². The summed E-state index contributed by atoms with van der Waals surface area (Å²) in [6.45, 7) is 7.14. The minimum Gasteiger partial charge on any atom is -0.441 e. The van der Waals surface area contributed by atoms with Gasteiger partial charge in [0.2, 0.25) is 5.89 Å². The summed E-state index contributed by atoms with van der Waals surface area (Å²) in [7, 11) is 0. The third-order valence-electron chi connectivity index (χ3n) is 3.50. The van der Waals surface area contributed by atoms with Crippen LogP contribution in [0, 0.1) is 6.92 Å². The Morgan fingerprint density at radius 2 is 1.81 bits per heavy atom. The lowest BCUT2D eigenvalue weighted by molar-refractivity contribution is 0.230. The summed E-state index contributed by atoms with van der Waals surface area (Å²) < 4.78 is 5.79. The maximum absolute atomic E-state index is 5.79. The molecule has 1 aromatic heterocycles. The van der Waals surface area contributed by atoms with Gasteiger partial charge in [-0.2, -0.15) is 0 Å². The number of hydrogen-bond donors (Lipinski definition) is 1. The molecule has 116 valence electrons. The molecule has 1 N–H and O–H groups in total. The Morgan fingerprint density at radius 1 is 1.14 bits per heavy atom. The molecule has 0 atom stereocenters. The van der Waals surface area contributed by atoms with Gasteiger partial charge in [0.25, 0.3) is 0 Å². The van der Waals surface area contributed by atoms with E-state index in [9.17, 15) is 0 Å². The smallest absolute Gasteiger partial charge is 0.226 e. The first-order chi connectivity index (χ1) is 9.33. The number of oxazole rings is 1. The largest absolute Gasteiger partial charge is 0.441 e. The normalized spacial score (nSPS) is 15.1. The Balaban J connectivity index is 0.00000110. The molecule has 3 rings (SSSR count). The predicted octanol–water partition coefficient (Wildman–Crippen LogP) is 2.90. The van der Waals surface area contributed by atoms with Crippen LogP contribution >= 0.6 is 24.8 Å². The quantitative estimate of drug-likeness (QED) is 0.940. The standard InChI is InChI=1S/C15H19N3O.2ClH/c1-12-14(11-18-9-7-16-8-10-18)17-15(19-12)13-5-3-2-4-6-13;;/h2-6,16H,7-11H2,1H3;2*1H. The van der Waals surface area contributed by atoms with E-state index in [0.29, 0.717) is 0 Å². The molecule has 2 aromatic rings. The van der Waals surface area contributed by atoms with E-state index in [2.05, 4.69) is 15.2 Å². The molecular formula is C15H21Cl2N3O. The third-order valence-corrected chi connectivity index (χ3v) is 3.50. The second kappa shape index (κ2) is 8.39. The van der Waals surface area contributed by atoms with Gasteiger partial charge in [-0.1, -0.05) is 18.2 Å². The first-order valence-electron chi connectivity index (χ1n) is 6.78. The van der Waals surface area contributed by atoms with E-state index in [4.69, 9.17) is 4.42 Å². The molecule has 4 nitrogen and oxygen atoms in total. The molecule has 0 spiro atoms. The maximum Gasteiger partial charge on any atom is 0.226 e. The van der Waals surface area contributed by atoms with Gasteiger partial charge in [-0.15, -0.1) is 24.8 Å². The van der Waals surface area contributed by atoms with Crippen molar-refractivity contribution < 1.29 is 4.42 Å². The highest BCUT2D eigenvalue weighted by Crippen LogP contribution is 2.22. The van der Waals surface area contributed by atoms with Crippen LogP contribution in [0.4, 0.5) is 0 Å². The van der Waals surface area contributed by atoms with Crippen molar-refractivity contribution in [3.63, 3.8) is 0 Å². The zero-order valence-corrected chi connectivity index (χ0v) is 13.7. The van der Waals surface area contributed by atoms with Crippen molar-refractivity contribution in [1.82, 2.24) is 15.2 Å². The van der Waals surface area contributed by atoms with Crippen molar-refractivity contribution in [2.75, 3.05) is 26.2 Å². The molecule has 1 aromatic carbocycles. The highest BCUT2D eigenvalue weighted by atomic mass is 35.5. The van der Waals surface area contributed by atoms with Gasteiger partial charge in [-0.05, 0) is 19.1 Å². The Labute approximate surface area is 137 Å². The van der Waals surface area contributed by atoms with Crippen molar-refractivity contribution in [3.05, 3.63) is 41.8 Å². The van der Waals surface area contributed by atoms with Crippen LogP contribution < -0.4 is 5.32 Å². The van der Waals surface area contributed by atoms with Crippen LogP contribution in [0.1, 0.15) is 11.5 Å². The van der Waals surface area contributed by atoms with Gasteiger partial charge in [0.1, 0.15) is 5.76 Å². The van der Waals surface area contributed by atoms with Gasteiger partial charge < -0.3 is 9.73 Å². The van der Waals surface area contributed by atoms with Gasteiger partial charge in [0.05, 0.1) is 5.69 Å². The first-order valence-corrected chi connectivity index (χ1v) is 6.78. The van der Waals surface area contributed by atoms with Crippen molar-refractivity contribution in [1.29, 1.82) is 0 Å². The topological polar surface area (TPSA) is 41.3 Å². The number of piperazine rings is 1. The van der Waals surface area contributed by atoms with Crippen molar-refractivity contribution in [2.24, 2.45) is 0 Å². The molecule has 0 aliphatic carbocycles. The average molecular weight is 330 g/mol. The molecule has 1 aliphatic rings. The molecule has 6 heteroatoms. The number of halogens is 2. The lowest BCUT2D eigenvalue weighted by atomic mass is 10.2. The third kappa shape index (κ3) is 4.45. The van der Waals surface area contributed by atoms with Crippen LogP contribution in [0.3, 0.4) is 0 Å². The Morgan fingerprint density at radius 3 is 2.48 bits per heavy atom. The minimum absolute atomic E-state index is 0. The van der Waals surface area contributed by atoms with E-state index in [1.54, 1.807) is 0 Å². The number of aromatic nitrogens is 1. The Bertz CT molecular complexity index is 539. The maximum atomic E-state index is 5.79. The minimum atomic E-state index is 0. The number of nitrogens with zero attached hydrogens (tertiary/aromatic N) is 2. The fourth-order valence-electron chi connectivity index (χ4n) is 2.36. The summed E-state index contributed by atoms with van der Waals surface area (Å²) in [5.74, 6) is 1.65. The van der Waals surface area contributed by atoms with Gasteiger partial charge in [-0.3, -0.25) is 4.90 Å². The second-order valence-corrected chi connectivity index (χ2v) is 4.91. The van der Waals surface area contributed by atoms with Gasteiger partial charge in [0, 0.05) is 38.3 Å². The summed E-state index contributed by atoms with van der Waals surface area (Å²) in [6, 6.07) is 10.1. The van der Waals surface area contributed by atoms with Crippen molar-refractivity contribution >= 4 is 24.8 Å². The molecule has 2 heterocycles. The highest BCUT2D eigenvalue weighted by molar-refractivity contribution is 5.85. The van der Waals surface area contributed by atoms with Crippen LogP contribution in [-0.2, 0) is 6.54 Å². The average Bonchev–Trinajstić information content (AvgIpc) is 2.82. The van der Waals surface area contributed by atoms with E-state index in [0.717, 1.165) is 55.6 Å². The zero-order valence-electron chi connectivity index (χ0n) is 12.0. The number of rotatable bonds is 3. The summed E-state index contributed by atoms with van der Waals surface area (Å²) in [5.41, 5.74) is 2.10. The SMILES string of the molecule is Cc1oc(-c2ccccc2)nc1CN1CCNCC1.Cl.Cl. The van der Waals surface area contributed by atoms with Crippen molar-refractivity contribution in [3.8, 4) is 11.5 Å². The van der Waals surface area contributed by atoms with Crippen LogP contribution in [0.15, 0.2) is 34.7 Å². The summed E-state index contributed by atoms with van der Waals surface area (Å²) in [6.07, 6.45) is 0. The number of nitrogens with one attached hydrogen (secondary N) is 1. The predicted molar refractivity (Wildman–Crippen MR) is 89.3 cm³/mol. The van der Waals surface area contributed by atoms with E-state index < -0.39 is 0 Å². The molecule has 21 heavy (non-hydrogen) atoms. The molecule has 0 bridgehead atoms. The van der Waals surface area contributed by atoms with Crippen LogP contribution in [-0.4, -0.2) is 36.1 Å². The molecule has 1 fully saturated rings. The van der Waals surface area contributed by atoms with Gasteiger partial charge in [-0.25, -0.2) is 4.98 Å². The van der Waals surface area contributed by atoms with E-state index in [-0.39, 0.29) is 24.8 Å². The number of aryl methyl sites for hydroxylation is 1.